The zero-order valence-electron chi connectivity index (χ0n) is 14.4. The number of aromatic nitrogens is 2. The van der Waals surface area contributed by atoms with Crippen molar-refractivity contribution in [2.45, 2.75) is 26.3 Å². The number of carbonyl (C=O) groups is 2. The van der Waals surface area contributed by atoms with Gasteiger partial charge in [-0.15, -0.1) is 0 Å². The third-order valence-corrected chi connectivity index (χ3v) is 4.51. The minimum atomic E-state index is -0.141. The van der Waals surface area contributed by atoms with Crippen LogP contribution >= 0.6 is 0 Å². The zero-order chi connectivity index (χ0) is 17.6. The van der Waals surface area contributed by atoms with E-state index >= 15 is 0 Å². The number of hydrogen-bond acceptors (Lipinski definition) is 4. The molecule has 0 saturated carbocycles. The number of likely N-dealkylation sites (tertiary alicyclic amines) is 1. The number of carbonyl (C=O) groups excluding carboxylic acids is 2. The van der Waals surface area contributed by atoms with Gasteiger partial charge in [-0.25, -0.2) is 0 Å². The van der Waals surface area contributed by atoms with Crippen molar-refractivity contribution in [3.8, 4) is 0 Å². The SMILES string of the molecule is CCOC(=O)C1CCN(C(=O)c2ccc(Cn3cccn3)cc2)CC1. The Bertz CT molecular complexity index is 702. The molecule has 132 valence electrons. The molecule has 25 heavy (non-hydrogen) atoms. The van der Waals surface area contributed by atoms with Gasteiger partial charge in [-0.1, -0.05) is 12.1 Å². The van der Waals surface area contributed by atoms with Crippen LogP contribution in [0.5, 0.6) is 0 Å². The van der Waals surface area contributed by atoms with Crippen molar-refractivity contribution in [1.82, 2.24) is 14.7 Å². The largest absolute Gasteiger partial charge is 0.466 e. The van der Waals surface area contributed by atoms with E-state index < -0.39 is 0 Å². The second-order valence-electron chi connectivity index (χ2n) is 6.22. The summed E-state index contributed by atoms with van der Waals surface area (Å²) >= 11 is 0. The quantitative estimate of drug-likeness (QED) is 0.783. The lowest BCUT2D eigenvalue weighted by molar-refractivity contribution is -0.149. The van der Waals surface area contributed by atoms with E-state index in [0.29, 0.717) is 44.6 Å². The summed E-state index contributed by atoms with van der Waals surface area (Å²) in [6.45, 7) is 4.09. The van der Waals surface area contributed by atoms with Crippen LogP contribution in [0.15, 0.2) is 42.7 Å². The molecule has 3 rings (SSSR count). The first-order valence-electron chi connectivity index (χ1n) is 8.69. The summed E-state index contributed by atoms with van der Waals surface area (Å²) in [4.78, 5) is 26.2. The standard InChI is InChI=1S/C19H23N3O3/c1-2-25-19(24)17-8-12-21(13-9-17)18(23)16-6-4-15(5-7-16)14-22-11-3-10-20-22/h3-7,10-11,17H,2,8-9,12-14H2,1H3. The van der Waals surface area contributed by atoms with E-state index in [1.54, 1.807) is 6.20 Å². The molecule has 1 aliphatic rings. The lowest BCUT2D eigenvalue weighted by Gasteiger charge is -2.31. The van der Waals surface area contributed by atoms with Gasteiger partial charge in [-0.05, 0) is 43.5 Å². The number of esters is 1. The number of nitrogens with zero attached hydrogens (tertiary/aromatic N) is 3. The first kappa shape index (κ1) is 17.2. The summed E-state index contributed by atoms with van der Waals surface area (Å²) < 4.78 is 6.91. The van der Waals surface area contributed by atoms with E-state index in [2.05, 4.69) is 5.10 Å². The van der Waals surface area contributed by atoms with Gasteiger partial charge in [0.1, 0.15) is 0 Å². The van der Waals surface area contributed by atoms with Gasteiger partial charge in [-0.3, -0.25) is 14.3 Å². The maximum atomic E-state index is 12.6. The maximum absolute atomic E-state index is 12.6. The molecule has 0 aliphatic carbocycles. The first-order valence-corrected chi connectivity index (χ1v) is 8.69. The Labute approximate surface area is 147 Å². The minimum absolute atomic E-state index is 0.0212. The molecule has 6 nitrogen and oxygen atoms in total. The number of amides is 1. The van der Waals surface area contributed by atoms with Crippen LogP contribution < -0.4 is 0 Å². The molecule has 1 amide bonds. The topological polar surface area (TPSA) is 64.4 Å². The number of ether oxygens (including phenoxy) is 1. The van der Waals surface area contributed by atoms with Gasteiger partial charge in [0.2, 0.25) is 0 Å². The van der Waals surface area contributed by atoms with Gasteiger partial charge in [0.25, 0.3) is 5.91 Å². The molecular formula is C19H23N3O3. The molecule has 1 fully saturated rings. The average Bonchev–Trinajstić information content (AvgIpc) is 3.15. The molecule has 1 aromatic carbocycles. The third kappa shape index (κ3) is 4.26. The molecule has 1 aliphatic heterocycles. The summed E-state index contributed by atoms with van der Waals surface area (Å²) in [5, 5.41) is 4.18. The fourth-order valence-corrected chi connectivity index (χ4v) is 3.09. The van der Waals surface area contributed by atoms with E-state index in [1.807, 2.05) is 53.0 Å². The predicted octanol–water partition coefficient (Wildman–Crippen LogP) is 2.35. The fourth-order valence-electron chi connectivity index (χ4n) is 3.09. The lowest BCUT2D eigenvalue weighted by Crippen LogP contribution is -2.40. The minimum Gasteiger partial charge on any atom is -0.466 e. The van der Waals surface area contributed by atoms with Crippen LogP contribution in [0.25, 0.3) is 0 Å². The Morgan fingerprint density at radius 3 is 2.52 bits per heavy atom. The molecule has 0 bridgehead atoms. The molecule has 0 spiro atoms. The molecule has 2 aromatic rings. The van der Waals surface area contributed by atoms with Gasteiger partial charge >= 0.3 is 5.97 Å². The number of hydrogen-bond donors (Lipinski definition) is 0. The molecule has 2 heterocycles. The number of piperidine rings is 1. The zero-order valence-corrected chi connectivity index (χ0v) is 14.4. The van der Waals surface area contributed by atoms with Crippen LogP contribution in [-0.2, 0) is 16.1 Å². The Hall–Kier alpha value is -2.63. The van der Waals surface area contributed by atoms with Gasteiger partial charge in [0.05, 0.1) is 19.1 Å². The predicted molar refractivity (Wildman–Crippen MR) is 93.0 cm³/mol. The van der Waals surface area contributed by atoms with Crippen molar-refractivity contribution in [2.75, 3.05) is 19.7 Å². The van der Waals surface area contributed by atoms with Crippen LogP contribution in [0.2, 0.25) is 0 Å². The summed E-state index contributed by atoms with van der Waals surface area (Å²) in [5.41, 5.74) is 1.78. The fraction of sp³-hybridized carbons (Fsp3) is 0.421. The Morgan fingerprint density at radius 2 is 1.92 bits per heavy atom. The van der Waals surface area contributed by atoms with Crippen molar-refractivity contribution >= 4 is 11.9 Å². The van der Waals surface area contributed by atoms with E-state index in [9.17, 15) is 9.59 Å². The summed E-state index contributed by atoms with van der Waals surface area (Å²) in [6, 6.07) is 9.52. The Balaban J connectivity index is 1.55. The summed E-state index contributed by atoms with van der Waals surface area (Å²) in [5.74, 6) is -0.203. The molecule has 1 saturated heterocycles. The van der Waals surface area contributed by atoms with Crippen LogP contribution in [0.1, 0.15) is 35.7 Å². The van der Waals surface area contributed by atoms with Crippen molar-refractivity contribution in [3.05, 3.63) is 53.9 Å². The van der Waals surface area contributed by atoms with Crippen molar-refractivity contribution in [2.24, 2.45) is 5.92 Å². The van der Waals surface area contributed by atoms with Gasteiger partial charge < -0.3 is 9.64 Å². The van der Waals surface area contributed by atoms with Crippen molar-refractivity contribution in [1.29, 1.82) is 0 Å². The third-order valence-electron chi connectivity index (χ3n) is 4.51. The van der Waals surface area contributed by atoms with Crippen LogP contribution in [-0.4, -0.2) is 46.3 Å². The molecule has 0 N–H and O–H groups in total. The van der Waals surface area contributed by atoms with E-state index in [-0.39, 0.29) is 17.8 Å². The van der Waals surface area contributed by atoms with Gasteiger partial charge in [0, 0.05) is 31.0 Å². The molecule has 6 heteroatoms. The smallest absolute Gasteiger partial charge is 0.309 e. The molecular weight excluding hydrogens is 318 g/mol. The Kier molecular flexibility index (Phi) is 5.48. The second-order valence-corrected chi connectivity index (χ2v) is 6.22. The van der Waals surface area contributed by atoms with E-state index in [0.717, 1.165) is 5.56 Å². The normalized spacial score (nSPS) is 15.2. The van der Waals surface area contributed by atoms with Crippen LogP contribution in [0, 0.1) is 5.92 Å². The monoisotopic (exact) mass is 341 g/mol. The van der Waals surface area contributed by atoms with Crippen LogP contribution in [0.4, 0.5) is 0 Å². The highest BCUT2D eigenvalue weighted by molar-refractivity contribution is 5.94. The summed E-state index contributed by atoms with van der Waals surface area (Å²) in [6.07, 6.45) is 4.99. The van der Waals surface area contributed by atoms with Gasteiger partial charge in [0.15, 0.2) is 0 Å². The number of benzene rings is 1. The van der Waals surface area contributed by atoms with E-state index in [1.165, 1.54) is 0 Å². The number of rotatable bonds is 5. The summed E-state index contributed by atoms with van der Waals surface area (Å²) in [7, 11) is 0. The molecule has 0 atom stereocenters. The Morgan fingerprint density at radius 1 is 1.20 bits per heavy atom. The van der Waals surface area contributed by atoms with Crippen molar-refractivity contribution < 1.29 is 14.3 Å². The molecule has 0 radical (unpaired) electrons. The van der Waals surface area contributed by atoms with Crippen molar-refractivity contribution in [3.63, 3.8) is 0 Å². The molecule has 0 unspecified atom stereocenters. The first-order chi connectivity index (χ1) is 12.2. The maximum Gasteiger partial charge on any atom is 0.309 e. The van der Waals surface area contributed by atoms with Crippen LogP contribution in [0.3, 0.4) is 0 Å². The average molecular weight is 341 g/mol. The highest BCUT2D eigenvalue weighted by Crippen LogP contribution is 2.20. The van der Waals surface area contributed by atoms with E-state index in [4.69, 9.17) is 4.74 Å². The highest BCUT2D eigenvalue weighted by Gasteiger charge is 2.28. The van der Waals surface area contributed by atoms with Gasteiger partial charge in [-0.2, -0.15) is 5.10 Å². The highest BCUT2D eigenvalue weighted by atomic mass is 16.5. The molecule has 1 aromatic heterocycles. The lowest BCUT2D eigenvalue weighted by atomic mass is 9.96. The second kappa shape index (κ2) is 7.96.